The van der Waals surface area contributed by atoms with Crippen LogP contribution in [-0.4, -0.2) is 37.6 Å². The summed E-state index contributed by atoms with van der Waals surface area (Å²) < 4.78 is 11.6. The van der Waals surface area contributed by atoms with Gasteiger partial charge in [-0.3, -0.25) is 4.79 Å². The molecule has 0 heterocycles. The maximum atomic E-state index is 12.9. The third-order valence-corrected chi connectivity index (χ3v) is 4.05. The first-order valence-electron chi connectivity index (χ1n) is 8.82. The Morgan fingerprint density at radius 2 is 1.59 bits per heavy atom. The van der Waals surface area contributed by atoms with Gasteiger partial charge in [-0.1, -0.05) is 38.1 Å². The molecule has 0 saturated carbocycles. The van der Waals surface area contributed by atoms with Crippen LogP contribution in [0.25, 0.3) is 0 Å². The van der Waals surface area contributed by atoms with E-state index in [4.69, 9.17) is 15.2 Å². The van der Waals surface area contributed by atoms with E-state index in [0.717, 1.165) is 0 Å². The van der Waals surface area contributed by atoms with Gasteiger partial charge in [-0.15, -0.1) is 12.4 Å². The van der Waals surface area contributed by atoms with E-state index in [2.05, 4.69) is 0 Å². The average molecular weight is 393 g/mol. The minimum Gasteiger partial charge on any atom is -0.490 e. The molecule has 0 radical (unpaired) electrons. The lowest BCUT2D eigenvalue weighted by molar-refractivity contribution is 0.0738. The Balaban J connectivity index is 0.00000364. The zero-order valence-corrected chi connectivity index (χ0v) is 17.2. The van der Waals surface area contributed by atoms with Crippen LogP contribution in [0.2, 0.25) is 0 Å². The van der Waals surface area contributed by atoms with Crippen molar-refractivity contribution in [2.24, 2.45) is 11.1 Å². The molecule has 0 atom stereocenters. The third-order valence-electron chi connectivity index (χ3n) is 4.05. The number of halogens is 1. The first kappa shape index (κ1) is 22.8. The van der Waals surface area contributed by atoms with Crippen LogP contribution >= 0.6 is 12.4 Å². The van der Waals surface area contributed by atoms with Crippen LogP contribution in [0.5, 0.6) is 17.2 Å². The van der Waals surface area contributed by atoms with E-state index in [-0.39, 0.29) is 23.7 Å². The standard InChI is InChI=1S/C21H28N2O3.ClH/c1-5-25-18-12-8-9-13-19(18)26-17-11-7-6-10-16(17)20(24)23(4)15-21(2,3)14-22;/h6-13H,5,14-15,22H2,1-4H3;1H. The van der Waals surface area contributed by atoms with E-state index in [1.165, 1.54) is 0 Å². The molecule has 2 aromatic carbocycles. The fourth-order valence-corrected chi connectivity index (χ4v) is 2.64. The summed E-state index contributed by atoms with van der Waals surface area (Å²) in [6.45, 7) is 7.60. The van der Waals surface area contributed by atoms with E-state index >= 15 is 0 Å². The number of carbonyl (C=O) groups excluding carboxylic acids is 1. The van der Waals surface area contributed by atoms with Crippen molar-refractivity contribution >= 4 is 18.3 Å². The zero-order chi connectivity index (χ0) is 19.2. The van der Waals surface area contributed by atoms with Gasteiger partial charge in [-0.25, -0.2) is 0 Å². The number of hydrogen-bond donors (Lipinski definition) is 1. The number of ether oxygens (including phenoxy) is 2. The molecule has 0 bridgehead atoms. The molecule has 2 aromatic rings. The predicted octanol–water partition coefficient (Wildman–Crippen LogP) is 4.36. The Hall–Kier alpha value is -2.24. The molecular formula is C21H29ClN2O3. The molecule has 0 aliphatic carbocycles. The maximum absolute atomic E-state index is 12.9. The van der Waals surface area contributed by atoms with Crippen molar-refractivity contribution < 1.29 is 14.3 Å². The third kappa shape index (κ3) is 6.15. The monoisotopic (exact) mass is 392 g/mol. The highest BCUT2D eigenvalue weighted by Gasteiger charge is 2.24. The zero-order valence-electron chi connectivity index (χ0n) is 16.4. The fraction of sp³-hybridized carbons (Fsp3) is 0.381. The van der Waals surface area contributed by atoms with Gasteiger partial charge in [0, 0.05) is 13.6 Å². The van der Waals surface area contributed by atoms with E-state index in [1.807, 2.05) is 57.2 Å². The van der Waals surface area contributed by atoms with Gasteiger partial charge in [-0.05, 0) is 43.1 Å². The molecular weight excluding hydrogens is 364 g/mol. The number of hydrogen-bond acceptors (Lipinski definition) is 4. The predicted molar refractivity (Wildman–Crippen MR) is 111 cm³/mol. The SMILES string of the molecule is CCOc1ccccc1Oc1ccccc1C(=O)N(C)CC(C)(C)CN.Cl. The minimum atomic E-state index is -0.151. The molecule has 0 spiro atoms. The Labute approximate surface area is 167 Å². The second kappa shape index (κ2) is 10.2. The summed E-state index contributed by atoms with van der Waals surface area (Å²) in [5.74, 6) is 1.63. The summed E-state index contributed by atoms with van der Waals surface area (Å²) in [6.07, 6.45) is 0. The summed E-state index contributed by atoms with van der Waals surface area (Å²) in [5, 5.41) is 0. The second-order valence-corrected chi connectivity index (χ2v) is 7.01. The molecule has 0 aliphatic rings. The first-order chi connectivity index (χ1) is 12.4. The smallest absolute Gasteiger partial charge is 0.257 e. The van der Waals surface area contributed by atoms with E-state index in [1.54, 1.807) is 24.1 Å². The van der Waals surface area contributed by atoms with Gasteiger partial charge in [0.25, 0.3) is 5.91 Å². The van der Waals surface area contributed by atoms with E-state index in [0.29, 0.717) is 42.5 Å². The van der Waals surface area contributed by atoms with Gasteiger partial charge in [-0.2, -0.15) is 0 Å². The number of carbonyl (C=O) groups is 1. The highest BCUT2D eigenvalue weighted by atomic mass is 35.5. The summed E-state index contributed by atoms with van der Waals surface area (Å²) >= 11 is 0. The number of para-hydroxylation sites is 3. The molecule has 0 unspecified atom stereocenters. The van der Waals surface area contributed by atoms with Crippen molar-refractivity contribution in [3.8, 4) is 17.2 Å². The lowest BCUT2D eigenvalue weighted by Gasteiger charge is -2.29. The van der Waals surface area contributed by atoms with Crippen molar-refractivity contribution in [1.82, 2.24) is 4.90 Å². The Kier molecular flexibility index (Phi) is 8.60. The van der Waals surface area contributed by atoms with Gasteiger partial charge in [0.05, 0.1) is 12.2 Å². The summed E-state index contributed by atoms with van der Waals surface area (Å²) in [4.78, 5) is 14.6. The van der Waals surface area contributed by atoms with E-state index < -0.39 is 0 Å². The maximum Gasteiger partial charge on any atom is 0.257 e. The highest BCUT2D eigenvalue weighted by Crippen LogP contribution is 2.33. The van der Waals surface area contributed by atoms with Crippen LogP contribution in [0.3, 0.4) is 0 Å². The number of amides is 1. The highest BCUT2D eigenvalue weighted by molar-refractivity contribution is 5.97. The van der Waals surface area contributed by atoms with Gasteiger partial charge < -0.3 is 20.1 Å². The quantitative estimate of drug-likeness (QED) is 0.725. The number of nitrogens with two attached hydrogens (primary N) is 1. The normalized spacial score (nSPS) is 10.7. The summed E-state index contributed by atoms with van der Waals surface area (Å²) in [7, 11) is 1.78. The van der Waals surface area contributed by atoms with Gasteiger partial charge in [0.1, 0.15) is 5.75 Å². The van der Waals surface area contributed by atoms with Gasteiger partial charge in [0.15, 0.2) is 11.5 Å². The van der Waals surface area contributed by atoms with Crippen LogP contribution < -0.4 is 15.2 Å². The lowest BCUT2D eigenvalue weighted by Crippen LogP contribution is -2.39. The van der Waals surface area contributed by atoms with Crippen molar-refractivity contribution in [1.29, 1.82) is 0 Å². The van der Waals surface area contributed by atoms with Crippen LogP contribution in [0.1, 0.15) is 31.1 Å². The fourth-order valence-electron chi connectivity index (χ4n) is 2.64. The molecule has 2 rings (SSSR count). The Morgan fingerprint density at radius 3 is 2.19 bits per heavy atom. The van der Waals surface area contributed by atoms with E-state index in [9.17, 15) is 4.79 Å². The molecule has 0 aliphatic heterocycles. The molecule has 1 amide bonds. The minimum absolute atomic E-state index is 0. The van der Waals surface area contributed by atoms with Crippen molar-refractivity contribution in [2.45, 2.75) is 20.8 Å². The largest absolute Gasteiger partial charge is 0.490 e. The summed E-state index contributed by atoms with van der Waals surface area (Å²) in [6, 6.07) is 14.7. The topological polar surface area (TPSA) is 64.8 Å². The number of benzene rings is 2. The summed E-state index contributed by atoms with van der Waals surface area (Å²) in [5.41, 5.74) is 6.15. The number of nitrogens with zero attached hydrogens (tertiary/aromatic N) is 1. The van der Waals surface area contributed by atoms with Crippen LogP contribution in [0, 0.1) is 5.41 Å². The van der Waals surface area contributed by atoms with Crippen LogP contribution in [0.4, 0.5) is 0 Å². The average Bonchev–Trinajstić information content (AvgIpc) is 2.63. The Bertz CT molecular complexity index is 750. The molecule has 148 valence electrons. The van der Waals surface area contributed by atoms with Crippen LogP contribution in [0.15, 0.2) is 48.5 Å². The lowest BCUT2D eigenvalue weighted by atomic mass is 9.93. The first-order valence-corrected chi connectivity index (χ1v) is 8.82. The molecule has 0 saturated heterocycles. The second-order valence-electron chi connectivity index (χ2n) is 7.01. The molecule has 0 aromatic heterocycles. The molecule has 27 heavy (non-hydrogen) atoms. The Morgan fingerprint density at radius 1 is 1.04 bits per heavy atom. The van der Waals surface area contributed by atoms with Crippen molar-refractivity contribution in [3.63, 3.8) is 0 Å². The molecule has 5 nitrogen and oxygen atoms in total. The molecule has 2 N–H and O–H groups in total. The van der Waals surface area contributed by atoms with Crippen molar-refractivity contribution in [3.05, 3.63) is 54.1 Å². The van der Waals surface area contributed by atoms with Gasteiger partial charge in [0.2, 0.25) is 0 Å². The van der Waals surface area contributed by atoms with Gasteiger partial charge >= 0.3 is 0 Å². The molecule has 6 heteroatoms. The number of rotatable bonds is 8. The van der Waals surface area contributed by atoms with Crippen molar-refractivity contribution in [2.75, 3.05) is 26.7 Å². The molecule has 0 fully saturated rings. The van der Waals surface area contributed by atoms with Crippen LogP contribution in [-0.2, 0) is 0 Å².